The van der Waals surface area contributed by atoms with Gasteiger partial charge < -0.3 is 11.5 Å². The largest absolute Gasteiger partial charge is 0.397 e. The fraction of sp³-hybridized carbons (Fsp3) is 0.167. The number of primary amides is 1. The molecule has 0 fully saturated rings. The van der Waals surface area contributed by atoms with Crippen LogP contribution in [0.5, 0.6) is 0 Å². The number of anilines is 1. The molecule has 0 saturated heterocycles. The first kappa shape index (κ1) is 12.4. The molecule has 2 rings (SSSR count). The van der Waals surface area contributed by atoms with Crippen molar-refractivity contribution < 1.29 is 4.79 Å². The van der Waals surface area contributed by atoms with Gasteiger partial charge in [0.05, 0.1) is 27.8 Å². The monoisotopic (exact) mass is 264 g/mol. The molecule has 0 aliphatic heterocycles. The summed E-state index contributed by atoms with van der Waals surface area (Å²) >= 11 is 6.08. The molecule has 94 valence electrons. The average Bonchev–Trinajstić information content (AvgIpc) is 2.57. The van der Waals surface area contributed by atoms with Gasteiger partial charge in [-0.25, -0.2) is 4.68 Å². The number of carbonyl (C=O) groups is 1. The van der Waals surface area contributed by atoms with Gasteiger partial charge in [0.1, 0.15) is 0 Å². The van der Waals surface area contributed by atoms with Crippen molar-refractivity contribution in [2.75, 3.05) is 5.73 Å². The van der Waals surface area contributed by atoms with Gasteiger partial charge in [0.2, 0.25) is 5.91 Å². The molecule has 5 nitrogen and oxygen atoms in total. The molecular weight excluding hydrogens is 252 g/mol. The molecule has 0 unspecified atom stereocenters. The molecule has 0 aliphatic rings. The summed E-state index contributed by atoms with van der Waals surface area (Å²) in [6, 6.07) is 4.84. The molecule has 6 heteroatoms. The topological polar surface area (TPSA) is 86.9 Å². The van der Waals surface area contributed by atoms with Gasteiger partial charge in [-0.05, 0) is 32.0 Å². The summed E-state index contributed by atoms with van der Waals surface area (Å²) in [6.45, 7) is 3.67. The molecule has 0 atom stereocenters. The Kier molecular flexibility index (Phi) is 3.00. The first-order chi connectivity index (χ1) is 8.41. The molecule has 0 bridgehead atoms. The lowest BCUT2D eigenvalue weighted by Gasteiger charge is -2.08. The van der Waals surface area contributed by atoms with Crippen LogP contribution in [0.1, 0.15) is 21.7 Å². The van der Waals surface area contributed by atoms with Gasteiger partial charge >= 0.3 is 0 Å². The molecule has 1 heterocycles. The lowest BCUT2D eigenvalue weighted by molar-refractivity contribution is 0.100. The van der Waals surface area contributed by atoms with Gasteiger partial charge in [0, 0.05) is 5.56 Å². The quantitative estimate of drug-likeness (QED) is 0.811. The fourth-order valence-electron chi connectivity index (χ4n) is 1.76. The Morgan fingerprint density at radius 1 is 1.39 bits per heavy atom. The van der Waals surface area contributed by atoms with Crippen LogP contribution in [0, 0.1) is 13.8 Å². The number of halogens is 1. The third-order valence-corrected chi connectivity index (χ3v) is 3.29. The van der Waals surface area contributed by atoms with Crippen LogP contribution in [-0.4, -0.2) is 15.7 Å². The van der Waals surface area contributed by atoms with Crippen molar-refractivity contribution in [2.24, 2.45) is 5.73 Å². The predicted molar refractivity (Wildman–Crippen MR) is 71.0 cm³/mol. The summed E-state index contributed by atoms with van der Waals surface area (Å²) in [7, 11) is 0. The number of rotatable bonds is 2. The number of carbonyl (C=O) groups excluding carboxylic acids is 1. The molecule has 18 heavy (non-hydrogen) atoms. The van der Waals surface area contributed by atoms with Crippen molar-refractivity contribution in [2.45, 2.75) is 13.8 Å². The minimum atomic E-state index is -0.514. The number of aromatic nitrogens is 2. The van der Waals surface area contributed by atoms with Crippen molar-refractivity contribution in [3.63, 3.8) is 0 Å². The number of benzene rings is 1. The van der Waals surface area contributed by atoms with Crippen molar-refractivity contribution in [1.82, 2.24) is 9.78 Å². The van der Waals surface area contributed by atoms with E-state index in [1.807, 2.05) is 13.8 Å². The van der Waals surface area contributed by atoms with Crippen LogP contribution >= 0.6 is 11.6 Å². The number of aryl methyl sites for hydroxylation is 1. The predicted octanol–water partition coefficient (Wildman–Crippen LogP) is 1.82. The Morgan fingerprint density at radius 3 is 2.50 bits per heavy atom. The SMILES string of the molecule is Cc1nn(-c2ccc(C(N)=O)cc2N)c(C)c1Cl. The normalized spacial score (nSPS) is 10.6. The Labute approximate surface area is 109 Å². The Hall–Kier alpha value is -2.01. The third-order valence-electron chi connectivity index (χ3n) is 2.74. The fourth-order valence-corrected chi connectivity index (χ4v) is 1.88. The summed E-state index contributed by atoms with van der Waals surface area (Å²) in [4.78, 5) is 11.0. The van der Waals surface area contributed by atoms with Crippen LogP contribution in [0.15, 0.2) is 18.2 Å². The van der Waals surface area contributed by atoms with Crippen molar-refractivity contribution >= 4 is 23.2 Å². The Morgan fingerprint density at radius 2 is 2.06 bits per heavy atom. The maximum Gasteiger partial charge on any atom is 0.248 e. The molecule has 1 aromatic carbocycles. The summed E-state index contributed by atoms with van der Waals surface area (Å²) < 4.78 is 1.65. The molecule has 4 N–H and O–H groups in total. The number of nitrogens with zero attached hydrogens (tertiary/aromatic N) is 2. The first-order valence-electron chi connectivity index (χ1n) is 5.33. The number of hydrogen-bond donors (Lipinski definition) is 2. The number of nitrogens with two attached hydrogens (primary N) is 2. The molecule has 0 spiro atoms. The van der Waals surface area contributed by atoms with E-state index in [1.165, 1.54) is 6.07 Å². The van der Waals surface area contributed by atoms with E-state index >= 15 is 0 Å². The lowest BCUT2D eigenvalue weighted by Crippen LogP contribution is -2.12. The van der Waals surface area contributed by atoms with Gasteiger partial charge in [-0.3, -0.25) is 4.79 Å². The van der Waals surface area contributed by atoms with E-state index in [-0.39, 0.29) is 0 Å². The van der Waals surface area contributed by atoms with Gasteiger partial charge in [0.25, 0.3) is 0 Å². The van der Waals surface area contributed by atoms with Crippen LogP contribution < -0.4 is 11.5 Å². The number of hydrogen-bond acceptors (Lipinski definition) is 3. The van der Waals surface area contributed by atoms with Crippen LogP contribution in [0.3, 0.4) is 0 Å². The zero-order valence-electron chi connectivity index (χ0n) is 10.1. The molecule has 0 aliphatic carbocycles. The smallest absolute Gasteiger partial charge is 0.248 e. The zero-order valence-corrected chi connectivity index (χ0v) is 10.8. The van der Waals surface area contributed by atoms with Gasteiger partial charge in [0.15, 0.2) is 0 Å². The Balaban J connectivity index is 2.58. The van der Waals surface area contributed by atoms with Gasteiger partial charge in [-0.2, -0.15) is 5.10 Å². The summed E-state index contributed by atoms with van der Waals surface area (Å²) in [6.07, 6.45) is 0. The molecule has 0 saturated carbocycles. The average molecular weight is 265 g/mol. The lowest BCUT2D eigenvalue weighted by atomic mass is 10.1. The van der Waals surface area contributed by atoms with Crippen LogP contribution in [0.25, 0.3) is 5.69 Å². The van der Waals surface area contributed by atoms with Crippen LogP contribution in [0.2, 0.25) is 5.02 Å². The molecule has 2 aromatic rings. The highest BCUT2D eigenvalue weighted by Crippen LogP contribution is 2.25. The van der Waals surface area contributed by atoms with Gasteiger partial charge in [-0.15, -0.1) is 0 Å². The van der Waals surface area contributed by atoms with E-state index in [1.54, 1.807) is 16.8 Å². The molecule has 1 amide bonds. The third kappa shape index (κ3) is 1.93. The second kappa shape index (κ2) is 4.34. The molecular formula is C12H13ClN4O. The Bertz CT molecular complexity index is 633. The zero-order chi connectivity index (χ0) is 13.4. The summed E-state index contributed by atoms with van der Waals surface area (Å²) in [5, 5.41) is 4.91. The first-order valence-corrected chi connectivity index (χ1v) is 5.71. The van der Waals surface area contributed by atoms with E-state index in [2.05, 4.69) is 5.10 Å². The summed E-state index contributed by atoms with van der Waals surface area (Å²) in [5.41, 5.74) is 14.1. The van der Waals surface area contributed by atoms with Crippen LogP contribution in [-0.2, 0) is 0 Å². The molecule has 0 radical (unpaired) electrons. The maximum absolute atomic E-state index is 11.0. The van der Waals surface area contributed by atoms with E-state index in [9.17, 15) is 4.79 Å². The standard InChI is InChI=1S/C12H13ClN4O/c1-6-11(13)7(2)17(16-6)10-4-3-8(12(15)18)5-9(10)14/h3-5H,14H2,1-2H3,(H2,15,18). The highest BCUT2D eigenvalue weighted by molar-refractivity contribution is 6.31. The second-order valence-electron chi connectivity index (χ2n) is 4.03. The van der Waals surface area contributed by atoms with Crippen LogP contribution in [0.4, 0.5) is 5.69 Å². The highest BCUT2D eigenvalue weighted by atomic mass is 35.5. The number of amides is 1. The number of nitrogen functional groups attached to an aromatic ring is 1. The van der Waals surface area contributed by atoms with Crippen molar-refractivity contribution in [3.05, 3.63) is 40.2 Å². The van der Waals surface area contributed by atoms with Gasteiger partial charge in [-0.1, -0.05) is 11.6 Å². The van der Waals surface area contributed by atoms with Crippen molar-refractivity contribution in [3.8, 4) is 5.69 Å². The maximum atomic E-state index is 11.0. The minimum Gasteiger partial charge on any atom is -0.397 e. The van der Waals surface area contributed by atoms with E-state index in [0.717, 1.165) is 11.4 Å². The van der Waals surface area contributed by atoms with E-state index < -0.39 is 5.91 Å². The summed E-state index contributed by atoms with van der Waals surface area (Å²) in [5.74, 6) is -0.514. The van der Waals surface area contributed by atoms with E-state index in [0.29, 0.717) is 22.0 Å². The van der Waals surface area contributed by atoms with E-state index in [4.69, 9.17) is 23.1 Å². The highest BCUT2D eigenvalue weighted by Gasteiger charge is 2.13. The molecule has 1 aromatic heterocycles. The minimum absolute atomic E-state index is 0.365. The van der Waals surface area contributed by atoms with Crippen molar-refractivity contribution in [1.29, 1.82) is 0 Å². The second-order valence-corrected chi connectivity index (χ2v) is 4.41.